The van der Waals surface area contributed by atoms with Crippen LogP contribution in [0.1, 0.15) is 28.9 Å². The predicted octanol–water partition coefficient (Wildman–Crippen LogP) is 2.97. The van der Waals surface area contributed by atoms with Gasteiger partial charge < -0.3 is 15.0 Å². The van der Waals surface area contributed by atoms with E-state index in [1.807, 2.05) is 32.0 Å². The van der Waals surface area contributed by atoms with E-state index in [-0.39, 0.29) is 6.54 Å². The topological polar surface area (TPSA) is 50.1 Å². The molecule has 1 atom stereocenters. The Morgan fingerprint density at radius 1 is 1.21 bits per heavy atom. The van der Waals surface area contributed by atoms with Crippen LogP contribution in [-0.2, 0) is 19.2 Å². The van der Waals surface area contributed by atoms with Crippen LogP contribution in [0.25, 0.3) is 0 Å². The fourth-order valence-corrected chi connectivity index (χ4v) is 2.56. The molecule has 132 valence electrons. The van der Waals surface area contributed by atoms with Gasteiger partial charge in [-0.15, -0.1) is 0 Å². The number of benzene rings is 1. The molecule has 2 aromatic rings. The number of hydrogen-bond acceptors (Lipinski definition) is 3. The molecule has 24 heavy (non-hydrogen) atoms. The van der Waals surface area contributed by atoms with Crippen LogP contribution in [0.4, 0.5) is 13.2 Å². The maximum Gasteiger partial charge on any atom is 0.424 e. The molecule has 0 radical (unpaired) electrons. The summed E-state index contributed by atoms with van der Waals surface area (Å²) in [4.78, 5) is 3.68. The smallest absolute Gasteiger partial charge is 0.374 e. The summed E-state index contributed by atoms with van der Waals surface area (Å²) in [5.41, 5.74) is 0.321. The maximum atomic E-state index is 13.4. The van der Waals surface area contributed by atoms with E-state index < -0.39 is 24.0 Å². The average Bonchev–Trinajstić information content (AvgIpc) is 2.92. The van der Waals surface area contributed by atoms with E-state index in [1.54, 1.807) is 0 Å². The average molecular weight is 341 g/mol. The van der Waals surface area contributed by atoms with Gasteiger partial charge in [0, 0.05) is 32.4 Å². The first-order valence-corrected chi connectivity index (χ1v) is 7.69. The molecule has 0 amide bonds. The molecule has 1 unspecified atom stereocenters. The number of aliphatic hydroxyl groups is 1. The first kappa shape index (κ1) is 18.5. The van der Waals surface area contributed by atoms with E-state index in [2.05, 4.69) is 10.3 Å². The normalized spacial score (nSPS) is 14.6. The molecular weight excluding hydrogens is 319 g/mol. The number of nitrogens with zero attached hydrogens (tertiary/aromatic N) is 2. The lowest BCUT2D eigenvalue weighted by Crippen LogP contribution is -2.46. The van der Waals surface area contributed by atoms with Gasteiger partial charge in [-0.05, 0) is 37.1 Å². The van der Waals surface area contributed by atoms with Gasteiger partial charge in [-0.3, -0.25) is 0 Å². The quantitative estimate of drug-likeness (QED) is 0.794. The van der Waals surface area contributed by atoms with Gasteiger partial charge in [0.1, 0.15) is 5.82 Å². The van der Waals surface area contributed by atoms with E-state index in [0.717, 1.165) is 11.1 Å². The first-order chi connectivity index (χ1) is 11.1. The van der Waals surface area contributed by atoms with Crippen molar-refractivity contribution in [3.8, 4) is 0 Å². The van der Waals surface area contributed by atoms with E-state index in [9.17, 15) is 18.3 Å². The molecule has 4 nitrogen and oxygen atoms in total. The van der Waals surface area contributed by atoms with Crippen LogP contribution in [0.3, 0.4) is 0 Å². The van der Waals surface area contributed by atoms with Crippen molar-refractivity contribution >= 4 is 0 Å². The summed E-state index contributed by atoms with van der Waals surface area (Å²) >= 11 is 0. The van der Waals surface area contributed by atoms with Crippen LogP contribution in [-0.4, -0.2) is 27.4 Å². The number of rotatable bonds is 6. The summed E-state index contributed by atoms with van der Waals surface area (Å²) in [7, 11) is 1.43. The van der Waals surface area contributed by atoms with Crippen molar-refractivity contribution in [1.82, 2.24) is 14.9 Å². The van der Waals surface area contributed by atoms with E-state index in [1.165, 1.54) is 29.6 Å². The number of nitrogens with one attached hydrogen (secondary N) is 1. The second kappa shape index (κ2) is 6.94. The molecule has 0 aliphatic carbocycles. The van der Waals surface area contributed by atoms with Crippen LogP contribution < -0.4 is 5.32 Å². The van der Waals surface area contributed by atoms with E-state index >= 15 is 0 Å². The van der Waals surface area contributed by atoms with Gasteiger partial charge in [-0.25, -0.2) is 4.98 Å². The molecule has 0 saturated heterocycles. The summed E-state index contributed by atoms with van der Waals surface area (Å²) in [6.07, 6.45) is -2.68. The zero-order valence-electron chi connectivity index (χ0n) is 14.0. The SMILES string of the molecule is Cc1ccc(CNCCC(O)(c2nccn2C)C(F)(F)F)cc1C. The van der Waals surface area contributed by atoms with Crippen LogP contribution in [0.5, 0.6) is 0 Å². The molecule has 1 heterocycles. The summed E-state index contributed by atoms with van der Waals surface area (Å²) in [5, 5.41) is 13.2. The summed E-state index contributed by atoms with van der Waals surface area (Å²) < 4.78 is 41.3. The van der Waals surface area contributed by atoms with Crippen LogP contribution in [0, 0.1) is 13.8 Å². The van der Waals surface area contributed by atoms with Crippen molar-refractivity contribution in [1.29, 1.82) is 0 Å². The van der Waals surface area contributed by atoms with Gasteiger partial charge in [0.25, 0.3) is 0 Å². The van der Waals surface area contributed by atoms with Gasteiger partial charge in [-0.2, -0.15) is 13.2 Å². The largest absolute Gasteiger partial charge is 0.424 e. The summed E-state index contributed by atoms with van der Waals surface area (Å²) in [6.45, 7) is 4.44. The zero-order valence-corrected chi connectivity index (χ0v) is 14.0. The number of halogens is 3. The molecule has 0 spiro atoms. The van der Waals surface area contributed by atoms with Crippen molar-refractivity contribution in [2.24, 2.45) is 7.05 Å². The standard InChI is InChI=1S/C17H22F3N3O/c1-12-4-5-14(10-13(12)2)11-21-7-6-16(24,17(18,19)20)15-22-8-9-23(15)3/h4-5,8-10,21,24H,6-7,11H2,1-3H3. The Kier molecular flexibility index (Phi) is 5.35. The number of alkyl halides is 3. The fraction of sp³-hybridized carbons (Fsp3) is 0.471. The molecule has 0 saturated carbocycles. The van der Waals surface area contributed by atoms with Crippen molar-refractivity contribution in [3.05, 3.63) is 53.1 Å². The van der Waals surface area contributed by atoms with Gasteiger partial charge >= 0.3 is 6.18 Å². The third-order valence-electron chi connectivity index (χ3n) is 4.22. The predicted molar refractivity (Wildman–Crippen MR) is 85.4 cm³/mol. The second-order valence-corrected chi connectivity index (χ2v) is 6.07. The third-order valence-corrected chi connectivity index (χ3v) is 4.22. The minimum atomic E-state index is -4.80. The Balaban J connectivity index is 2.02. The monoisotopic (exact) mass is 341 g/mol. The van der Waals surface area contributed by atoms with Crippen LogP contribution in [0.2, 0.25) is 0 Å². The lowest BCUT2D eigenvalue weighted by molar-refractivity contribution is -0.272. The molecule has 2 rings (SSSR count). The second-order valence-electron chi connectivity index (χ2n) is 6.07. The van der Waals surface area contributed by atoms with Crippen molar-refractivity contribution in [2.45, 2.75) is 38.6 Å². The lowest BCUT2D eigenvalue weighted by atomic mass is 9.97. The maximum absolute atomic E-state index is 13.4. The van der Waals surface area contributed by atoms with Crippen LogP contribution >= 0.6 is 0 Å². The number of hydrogen-bond donors (Lipinski definition) is 2. The Morgan fingerprint density at radius 2 is 1.92 bits per heavy atom. The molecule has 0 bridgehead atoms. The van der Waals surface area contributed by atoms with Gasteiger partial charge in [0.2, 0.25) is 5.60 Å². The highest BCUT2D eigenvalue weighted by molar-refractivity contribution is 5.29. The number of aryl methyl sites for hydroxylation is 3. The Morgan fingerprint density at radius 3 is 2.46 bits per heavy atom. The lowest BCUT2D eigenvalue weighted by Gasteiger charge is -2.30. The van der Waals surface area contributed by atoms with Crippen LogP contribution in [0.15, 0.2) is 30.6 Å². The molecule has 1 aromatic heterocycles. The number of aromatic nitrogens is 2. The van der Waals surface area contributed by atoms with Gasteiger partial charge in [0.05, 0.1) is 0 Å². The van der Waals surface area contributed by atoms with Gasteiger partial charge in [-0.1, -0.05) is 18.2 Å². The zero-order chi connectivity index (χ0) is 18.0. The molecular formula is C17H22F3N3O. The fourth-order valence-electron chi connectivity index (χ4n) is 2.56. The molecule has 1 aromatic carbocycles. The van der Waals surface area contributed by atoms with E-state index in [0.29, 0.717) is 6.54 Å². The minimum absolute atomic E-state index is 0.00972. The Bertz CT molecular complexity index is 697. The first-order valence-electron chi connectivity index (χ1n) is 7.69. The molecule has 2 N–H and O–H groups in total. The summed E-state index contributed by atoms with van der Waals surface area (Å²) in [5.74, 6) is -0.400. The van der Waals surface area contributed by atoms with Gasteiger partial charge in [0.15, 0.2) is 0 Å². The molecule has 0 fully saturated rings. The van der Waals surface area contributed by atoms with Crippen molar-refractivity contribution in [3.63, 3.8) is 0 Å². The van der Waals surface area contributed by atoms with E-state index in [4.69, 9.17) is 0 Å². The highest BCUT2D eigenvalue weighted by Crippen LogP contribution is 2.40. The highest BCUT2D eigenvalue weighted by Gasteiger charge is 2.56. The molecule has 0 aliphatic heterocycles. The molecule has 0 aliphatic rings. The number of imidazole rings is 1. The Hall–Kier alpha value is -1.86. The Labute approximate surface area is 139 Å². The third kappa shape index (κ3) is 3.79. The highest BCUT2D eigenvalue weighted by atomic mass is 19.4. The van der Waals surface area contributed by atoms with Crippen molar-refractivity contribution in [2.75, 3.05) is 6.54 Å². The molecule has 7 heteroatoms. The minimum Gasteiger partial charge on any atom is -0.374 e. The van der Waals surface area contributed by atoms with Crippen molar-refractivity contribution < 1.29 is 18.3 Å². The summed E-state index contributed by atoms with van der Waals surface area (Å²) in [6, 6.07) is 5.91.